The molecular weight excluding hydrogens is 248 g/mol. The zero-order chi connectivity index (χ0) is 14.4. The third-order valence-corrected chi connectivity index (χ3v) is 2.78. The number of hydrogen-bond acceptors (Lipinski definition) is 5. The van der Waals surface area contributed by atoms with E-state index in [-0.39, 0.29) is 11.5 Å². The molecule has 19 heavy (non-hydrogen) atoms. The SMILES string of the molecule is CCOC(Cc1cc(OC)c(O)c(OC)c1)C(C)=O. The number of hydrogen-bond donors (Lipinski definition) is 1. The highest BCUT2D eigenvalue weighted by molar-refractivity contribution is 5.80. The summed E-state index contributed by atoms with van der Waals surface area (Å²) < 4.78 is 15.5. The van der Waals surface area contributed by atoms with Crippen LogP contribution >= 0.6 is 0 Å². The molecule has 1 N–H and O–H groups in total. The fourth-order valence-corrected chi connectivity index (χ4v) is 1.80. The van der Waals surface area contributed by atoms with Crippen LogP contribution in [0.2, 0.25) is 0 Å². The molecule has 1 rings (SSSR count). The number of methoxy groups -OCH3 is 2. The lowest BCUT2D eigenvalue weighted by Gasteiger charge is -2.16. The number of phenols is 1. The standard InChI is InChI=1S/C14H20O5/c1-5-19-11(9(2)15)6-10-7-12(17-3)14(16)13(8-10)18-4/h7-8,11,16H,5-6H2,1-4H3. The van der Waals surface area contributed by atoms with E-state index in [0.29, 0.717) is 24.5 Å². The van der Waals surface area contributed by atoms with Gasteiger partial charge in [-0.25, -0.2) is 0 Å². The first kappa shape index (κ1) is 15.3. The Labute approximate surface area is 113 Å². The number of rotatable bonds is 7. The topological polar surface area (TPSA) is 65.0 Å². The van der Waals surface area contributed by atoms with Crippen LogP contribution in [0.15, 0.2) is 12.1 Å². The Morgan fingerprint density at radius 2 is 1.79 bits per heavy atom. The Hall–Kier alpha value is -1.75. The molecule has 106 valence electrons. The van der Waals surface area contributed by atoms with Gasteiger partial charge in [-0.3, -0.25) is 4.79 Å². The molecule has 0 saturated carbocycles. The van der Waals surface area contributed by atoms with Crippen molar-refractivity contribution in [3.63, 3.8) is 0 Å². The number of carbonyl (C=O) groups excluding carboxylic acids is 1. The molecule has 0 fully saturated rings. The first-order chi connectivity index (χ1) is 9.03. The first-order valence-electron chi connectivity index (χ1n) is 6.09. The molecule has 0 aromatic heterocycles. The molecule has 1 atom stereocenters. The minimum atomic E-state index is -0.496. The van der Waals surface area contributed by atoms with Gasteiger partial charge in [-0.05, 0) is 31.5 Å². The molecule has 0 heterocycles. The lowest BCUT2D eigenvalue weighted by molar-refractivity contribution is -0.127. The normalized spacial score (nSPS) is 12.0. The van der Waals surface area contributed by atoms with Crippen LogP contribution in [0.3, 0.4) is 0 Å². The molecule has 0 bridgehead atoms. The molecule has 1 aromatic rings. The van der Waals surface area contributed by atoms with Crippen LogP contribution in [0.25, 0.3) is 0 Å². The van der Waals surface area contributed by atoms with Crippen molar-refractivity contribution >= 4 is 5.78 Å². The zero-order valence-corrected chi connectivity index (χ0v) is 11.7. The van der Waals surface area contributed by atoms with Crippen molar-refractivity contribution in [3.05, 3.63) is 17.7 Å². The number of ether oxygens (including phenoxy) is 3. The molecule has 0 aliphatic rings. The van der Waals surface area contributed by atoms with Gasteiger partial charge in [-0.15, -0.1) is 0 Å². The predicted molar refractivity (Wildman–Crippen MR) is 71.0 cm³/mol. The van der Waals surface area contributed by atoms with Crippen molar-refractivity contribution in [2.45, 2.75) is 26.4 Å². The van der Waals surface area contributed by atoms with Crippen LogP contribution in [-0.2, 0) is 16.0 Å². The summed E-state index contributed by atoms with van der Waals surface area (Å²) in [5, 5.41) is 9.81. The first-order valence-corrected chi connectivity index (χ1v) is 6.09. The van der Waals surface area contributed by atoms with Gasteiger partial charge in [0.2, 0.25) is 5.75 Å². The zero-order valence-electron chi connectivity index (χ0n) is 11.7. The van der Waals surface area contributed by atoms with Crippen LogP contribution in [0.1, 0.15) is 19.4 Å². The van der Waals surface area contributed by atoms with Gasteiger partial charge in [0, 0.05) is 13.0 Å². The summed E-state index contributed by atoms with van der Waals surface area (Å²) in [5.74, 6) is 0.540. The summed E-state index contributed by atoms with van der Waals surface area (Å²) >= 11 is 0. The van der Waals surface area contributed by atoms with Gasteiger partial charge in [-0.1, -0.05) is 0 Å². The molecule has 0 radical (unpaired) electrons. The number of phenolic OH excluding ortho intramolecular Hbond substituents is 1. The van der Waals surface area contributed by atoms with Crippen molar-refractivity contribution in [2.24, 2.45) is 0 Å². The fourth-order valence-electron chi connectivity index (χ4n) is 1.80. The maximum absolute atomic E-state index is 11.5. The number of benzene rings is 1. The van der Waals surface area contributed by atoms with E-state index in [2.05, 4.69) is 0 Å². The highest BCUT2D eigenvalue weighted by Crippen LogP contribution is 2.37. The van der Waals surface area contributed by atoms with Crippen molar-refractivity contribution in [3.8, 4) is 17.2 Å². The molecular formula is C14H20O5. The largest absolute Gasteiger partial charge is 0.502 e. The third kappa shape index (κ3) is 3.86. The van der Waals surface area contributed by atoms with Gasteiger partial charge in [-0.2, -0.15) is 0 Å². The number of ketones is 1. The molecule has 1 aromatic carbocycles. The third-order valence-electron chi connectivity index (χ3n) is 2.78. The summed E-state index contributed by atoms with van der Waals surface area (Å²) in [6.45, 7) is 3.81. The van der Waals surface area contributed by atoms with Gasteiger partial charge in [0.05, 0.1) is 14.2 Å². The van der Waals surface area contributed by atoms with E-state index >= 15 is 0 Å². The Balaban J connectivity index is 3.03. The minimum Gasteiger partial charge on any atom is -0.502 e. The van der Waals surface area contributed by atoms with E-state index in [1.54, 1.807) is 12.1 Å². The number of carbonyl (C=O) groups is 1. The van der Waals surface area contributed by atoms with Crippen LogP contribution in [-0.4, -0.2) is 37.8 Å². The molecule has 5 nitrogen and oxygen atoms in total. The predicted octanol–water partition coefficient (Wildman–Crippen LogP) is 1.95. The second-order valence-corrected chi connectivity index (χ2v) is 4.11. The summed E-state index contributed by atoms with van der Waals surface area (Å²) in [5.41, 5.74) is 0.806. The van der Waals surface area contributed by atoms with E-state index in [1.165, 1.54) is 21.1 Å². The summed E-state index contributed by atoms with van der Waals surface area (Å²) in [4.78, 5) is 11.5. The molecule has 0 saturated heterocycles. The van der Waals surface area contributed by atoms with E-state index in [1.807, 2.05) is 6.92 Å². The maximum Gasteiger partial charge on any atom is 0.200 e. The van der Waals surface area contributed by atoms with Gasteiger partial charge in [0.15, 0.2) is 17.3 Å². The van der Waals surface area contributed by atoms with E-state index in [9.17, 15) is 9.90 Å². The fraction of sp³-hybridized carbons (Fsp3) is 0.500. The maximum atomic E-state index is 11.5. The van der Waals surface area contributed by atoms with Gasteiger partial charge in [0.25, 0.3) is 0 Å². The Morgan fingerprint density at radius 1 is 1.26 bits per heavy atom. The lowest BCUT2D eigenvalue weighted by Crippen LogP contribution is -2.24. The van der Waals surface area contributed by atoms with Crippen LogP contribution in [0, 0.1) is 0 Å². The second kappa shape index (κ2) is 6.99. The molecule has 0 amide bonds. The lowest BCUT2D eigenvalue weighted by atomic mass is 10.0. The molecule has 0 aliphatic carbocycles. The smallest absolute Gasteiger partial charge is 0.200 e. The quantitative estimate of drug-likeness (QED) is 0.818. The summed E-state index contributed by atoms with van der Waals surface area (Å²) in [7, 11) is 2.92. The highest BCUT2D eigenvalue weighted by Gasteiger charge is 2.18. The summed E-state index contributed by atoms with van der Waals surface area (Å²) in [6.07, 6.45) is -0.0835. The van der Waals surface area contributed by atoms with E-state index in [4.69, 9.17) is 14.2 Å². The van der Waals surface area contributed by atoms with Gasteiger partial charge < -0.3 is 19.3 Å². The highest BCUT2D eigenvalue weighted by atomic mass is 16.5. The average Bonchev–Trinajstić information content (AvgIpc) is 2.39. The second-order valence-electron chi connectivity index (χ2n) is 4.11. The Kier molecular flexibility index (Phi) is 5.63. The molecule has 5 heteroatoms. The van der Waals surface area contributed by atoms with Gasteiger partial charge in [0.1, 0.15) is 6.10 Å². The minimum absolute atomic E-state index is 0.0344. The van der Waals surface area contributed by atoms with Crippen molar-refractivity contribution in [1.82, 2.24) is 0 Å². The number of Topliss-reactive ketones (excluding diaryl/α,β-unsaturated/α-hetero) is 1. The Bertz CT molecular complexity index is 416. The molecule has 0 spiro atoms. The van der Waals surface area contributed by atoms with Crippen molar-refractivity contribution < 1.29 is 24.1 Å². The monoisotopic (exact) mass is 268 g/mol. The van der Waals surface area contributed by atoms with E-state index in [0.717, 1.165) is 5.56 Å². The van der Waals surface area contributed by atoms with Gasteiger partial charge >= 0.3 is 0 Å². The van der Waals surface area contributed by atoms with Crippen LogP contribution < -0.4 is 9.47 Å². The van der Waals surface area contributed by atoms with Crippen molar-refractivity contribution in [2.75, 3.05) is 20.8 Å². The summed E-state index contributed by atoms with van der Waals surface area (Å²) in [6, 6.07) is 3.35. The molecule has 0 aliphatic heterocycles. The van der Waals surface area contributed by atoms with Crippen LogP contribution in [0.5, 0.6) is 17.2 Å². The Morgan fingerprint density at radius 3 is 2.16 bits per heavy atom. The van der Waals surface area contributed by atoms with Crippen molar-refractivity contribution in [1.29, 1.82) is 0 Å². The van der Waals surface area contributed by atoms with Crippen LogP contribution in [0.4, 0.5) is 0 Å². The van der Waals surface area contributed by atoms with E-state index < -0.39 is 6.10 Å². The molecule has 1 unspecified atom stereocenters. The average molecular weight is 268 g/mol. The number of aromatic hydroxyl groups is 1.